The number of aromatic amines is 1. The second kappa shape index (κ2) is 15.2. The molecule has 48 heavy (non-hydrogen) atoms. The largest absolute Gasteiger partial charge is 0.384 e. The minimum atomic E-state index is -3.73. The van der Waals surface area contributed by atoms with Crippen molar-refractivity contribution in [3.63, 3.8) is 0 Å². The molecule has 3 aliphatic heterocycles. The summed E-state index contributed by atoms with van der Waals surface area (Å²) < 4.78 is 56.0. The summed E-state index contributed by atoms with van der Waals surface area (Å²) in [6, 6.07) is 12.1. The molecule has 2 atom stereocenters. The number of fused-ring (bicyclic) bond motifs is 2. The molecule has 4 heterocycles. The van der Waals surface area contributed by atoms with Gasteiger partial charge in [-0.1, -0.05) is 26.0 Å². The Morgan fingerprint density at radius 3 is 1.92 bits per heavy atom. The molecule has 6 rings (SSSR count). The van der Waals surface area contributed by atoms with Gasteiger partial charge in [-0.25, -0.2) is 36.3 Å². The smallest absolute Gasteiger partial charge is 0.264 e. The van der Waals surface area contributed by atoms with Crippen LogP contribution in [0.2, 0.25) is 0 Å². The standard InChI is InChI=1S/C16H23N5O2S.C16H21N5O2S/c2*1-3-12-10-19-21(11-12)16(17-4-2)20-24(22,23)14-6-5-13-7-8-18-15(13)9-14/h5-6,9-10,12,18H,3-4,7-8,11H2,1-2H3,(H,17,20);5-10,12,18H,3-4,11H2,1-2H3,(H,17,20). The molecule has 0 aliphatic carbocycles. The molecule has 4 N–H and O–H groups in total. The molecule has 3 aliphatic rings. The van der Waals surface area contributed by atoms with Gasteiger partial charge in [0, 0.05) is 61.3 Å². The number of hydrazone groups is 2. The minimum absolute atomic E-state index is 0.191. The average Bonchev–Trinajstić information content (AvgIpc) is 3.90. The highest BCUT2D eigenvalue weighted by Gasteiger charge is 2.27. The third-order valence-corrected chi connectivity index (χ3v) is 10.8. The van der Waals surface area contributed by atoms with Gasteiger partial charge in [-0.15, -0.1) is 0 Å². The lowest BCUT2D eigenvalue weighted by molar-refractivity contribution is 0.429. The van der Waals surface area contributed by atoms with E-state index < -0.39 is 20.0 Å². The van der Waals surface area contributed by atoms with Crippen molar-refractivity contribution >= 4 is 61.0 Å². The van der Waals surface area contributed by atoms with Crippen LogP contribution >= 0.6 is 0 Å². The van der Waals surface area contributed by atoms with E-state index in [2.05, 4.69) is 53.8 Å². The number of hydrogen-bond donors (Lipinski definition) is 4. The van der Waals surface area contributed by atoms with Crippen molar-refractivity contribution in [3.8, 4) is 0 Å². The van der Waals surface area contributed by atoms with E-state index in [-0.39, 0.29) is 21.7 Å². The zero-order valence-corrected chi connectivity index (χ0v) is 29.4. The average molecular weight is 697 g/mol. The number of aliphatic imine (C=N–C) groups is 2. The van der Waals surface area contributed by atoms with Gasteiger partial charge in [-0.05, 0) is 74.4 Å². The quantitative estimate of drug-likeness (QED) is 0.205. The molecule has 2 unspecified atom stereocenters. The first-order valence-electron chi connectivity index (χ1n) is 16.3. The van der Waals surface area contributed by atoms with Crippen molar-refractivity contribution in [1.29, 1.82) is 0 Å². The fraction of sp³-hybridized carbons (Fsp3) is 0.438. The summed E-state index contributed by atoms with van der Waals surface area (Å²) in [6.07, 6.45) is 8.30. The number of anilines is 1. The summed E-state index contributed by atoms with van der Waals surface area (Å²) in [7, 11) is -7.43. The van der Waals surface area contributed by atoms with Crippen molar-refractivity contribution in [2.45, 2.75) is 56.7 Å². The lowest BCUT2D eigenvalue weighted by Crippen LogP contribution is -2.41. The fourth-order valence-electron chi connectivity index (χ4n) is 5.36. The molecule has 0 saturated heterocycles. The van der Waals surface area contributed by atoms with Gasteiger partial charge >= 0.3 is 0 Å². The molecule has 14 nitrogen and oxygen atoms in total. The van der Waals surface area contributed by atoms with E-state index >= 15 is 0 Å². The van der Waals surface area contributed by atoms with Crippen molar-refractivity contribution in [2.75, 3.05) is 38.0 Å². The van der Waals surface area contributed by atoms with Crippen LogP contribution in [0.5, 0.6) is 0 Å². The van der Waals surface area contributed by atoms with Crippen molar-refractivity contribution in [3.05, 3.63) is 54.2 Å². The Morgan fingerprint density at radius 2 is 1.38 bits per heavy atom. The van der Waals surface area contributed by atoms with E-state index in [1.165, 1.54) is 0 Å². The van der Waals surface area contributed by atoms with Crippen LogP contribution < -0.4 is 14.8 Å². The van der Waals surface area contributed by atoms with E-state index in [9.17, 15) is 16.8 Å². The number of benzene rings is 2. The van der Waals surface area contributed by atoms with Gasteiger partial charge < -0.3 is 10.3 Å². The van der Waals surface area contributed by atoms with Gasteiger partial charge in [0.25, 0.3) is 20.0 Å². The number of nitrogens with zero attached hydrogens (tertiary/aromatic N) is 6. The maximum Gasteiger partial charge on any atom is 0.264 e. The highest BCUT2D eigenvalue weighted by Crippen LogP contribution is 2.25. The molecule has 16 heteroatoms. The summed E-state index contributed by atoms with van der Waals surface area (Å²) >= 11 is 0. The first-order chi connectivity index (χ1) is 23.1. The van der Waals surface area contributed by atoms with Crippen molar-refractivity contribution < 1.29 is 16.8 Å². The molecular formula is C32H44N10O4S2. The van der Waals surface area contributed by atoms with Crippen LogP contribution in [0.15, 0.2) is 78.6 Å². The first-order valence-corrected chi connectivity index (χ1v) is 19.2. The Hall–Kier alpha value is -4.44. The number of aromatic nitrogens is 1. The molecule has 1 aromatic heterocycles. The topological polar surface area (TPSA) is 176 Å². The maximum absolute atomic E-state index is 12.7. The molecule has 3 aromatic rings. The van der Waals surface area contributed by atoms with Crippen LogP contribution in [0, 0.1) is 11.8 Å². The van der Waals surface area contributed by atoms with Crippen molar-refractivity contribution in [2.24, 2.45) is 32.0 Å². The highest BCUT2D eigenvalue weighted by atomic mass is 32.2. The third kappa shape index (κ3) is 8.16. The molecule has 0 saturated carbocycles. The Labute approximate surface area is 282 Å². The Kier molecular flexibility index (Phi) is 11.0. The molecule has 0 bridgehead atoms. The van der Waals surface area contributed by atoms with Crippen LogP contribution in [0.4, 0.5) is 5.69 Å². The minimum Gasteiger partial charge on any atom is -0.384 e. The number of rotatable bonds is 8. The van der Waals surface area contributed by atoms with E-state index in [1.807, 2.05) is 38.4 Å². The summed E-state index contributed by atoms with van der Waals surface area (Å²) in [5.41, 5.74) is 2.81. The lowest BCUT2D eigenvalue weighted by Gasteiger charge is -2.19. The van der Waals surface area contributed by atoms with Crippen LogP contribution in [0.3, 0.4) is 0 Å². The van der Waals surface area contributed by atoms with E-state index in [1.54, 1.807) is 46.5 Å². The van der Waals surface area contributed by atoms with Gasteiger partial charge in [0.2, 0.25) is 11.9 Å². The normalized spacial score (nSPS) is 19.3. The molecule has 0 radical (unpaired) electrons. The molecule has 0 amide bonds. The van der Waals surface area contributed by atoms with Gasteiger partial charge in [0.1, 0.15) is 0 Å². The summed E-state index contributed by atoms with van der Waals surface area (Å²) in [6.45, 7) is 10.9. The van der Waals surface area contributed by atoms with Crippen LogP contribution in [-0.2, 0) is 26.5 Å². The van der Waals surface area contributed by atoms with Gasteiger partial charge in [-0.3, -0.25) is 9.98 Å². The summed E-state index contributed by atoms with van der Waals surface area (Å²) in [4.78, 5) is 12.0. The molecule has 0 fully saturated rings. The monoisotopic (exact) mass is 696 g/mol. The predicted molar refractivity (Wildman–Crippen MR) is 191 cm³/mol. The van der Waals surface area contributed by atoms with E-state index in [4.69, 9.17) is 0 Å². The number of sulfonamides is 2. The lowest BCUT2D eigenvalue weighted by atomic mass is 10.1. The summed E-state index contributed by atoms with van der Waals surface area (Å²) in [5.74, 6) is 1.17. The highest BCUT2D eigenvalue weighted by molar-refractivity contribution is 7.90. The van der Waals surface area contributed by atoms with Gasteiger partial charge in [-0.2, -0.15) is 10.2 Å². The number of guanidine groups is 2. The zero-order valence-electron chi connectivity index (χ0n) is 27.7. The number of nitrogens with one attached hydrogen (secondary N) is 4. The first kappa shape index (κ1) is 34.9. The molecule has 0 spiro atoms. The SMILES string of the molecule is CCN=C(NS(=O)(=O)c1ccc2c(c1)NCC2)N1CC(CC)C=N1.CCN=C(NS(=O)(=O)c1ccc2cc[nH]c2c1)N1CC(CC)C=N1. The van der Waals surface area contributed by atoms with E-state index in [0.29, 0.717) is 38.0 Å². The van der Waals surface area contributed by atoms with Gasteiger partial charge in [0.15, 0.2) is 0 Å². The summed E-state index contributed by atoms with van der Waals surface area (Å²) in [5, 5.41) is 16.0. The molecular weight excluding hydrogens is 653 g/mol. The Bertz CT molecular complexity index is 1940. The third-order valence-electron chi connectivity index (χ3n) is 8.19. The fourth-order valence-corrected chi connectivity index (χ4v) is 7.45. The van der Waals surface area contributed by atoms with Crippen LogP contribution in [0.1, 0.15) is 46.1 Å². The second-order valence-corrected chi connectivity index (χ2v) is 14.9. The van der Waals surface area contributed by atoms with E-state index in [0.717, 1.165) is 48.0 Å². The second-order valence-electron chi connectivity index (χ2n) is 11.6. The molecule has 2 aromatic carbocycles. The Morgan fingerprint density at radius 1 is 0.812 bits per heavy atom. The number of H-pyrrole nitrogens is 1. The number of hydrogen-bond acceptors (Lipinski definition) is 9. The predicted octanol–water partition coefficient (Wildman–Crippen LogP) is 3.79. The van der Waals surface area contributed by atoms with Crippen LogP contribution in [-0.4, -0.2) is 88.9 Å². The maximum atomic E-state index is 12.7. The van der Waals surface area contributed by atoms with Gasteiger partial charge in [0.05, 0.1) is 22.9 Å². The zero-order chi connectivity index (χ0) is 34.3. The van der Waals surface area contributed by atoms with Crippen LogP contribution in [0.25, 0.3) is 10.9 Å². The Balaban J connectivity index is 0.000000188. The van der Waals surface area contributed by atoms with Crippen molar-refractivity contribution in [1.82, 2.24) is 24.4 Å². The molecule has 258 valence electrons.